The summed E-state index contributed by atoms with van der Waals surface area (Å²) in [6, 6.07) is 9.27. The highest BCUT2D eigenvalue weighted by molar-refractivity contribution is 6.34. The number of anilines is 1. The second kappa shape index (κ2) is 8.93. The molecule has 1 aliphatic carbocycles. The minimum absolute atomic E-state index is 0.199. The van der Waals surface area contributed by atoms with E-state index < -0.39 is 0 Å². The van der Waals surface area contributed by atoms with Gasteiger partial charge >= 0.3 is 0 Å². The molecule has 4 rings (SSSR count). The molecule has 2 heterocycles. The Morgan fingerprint density at radius 1 is 1.14 bits per heavy atom. The number of hydrogen-bond donors (Lipinski definition) is 1. The summed E-state index contributed by atoms with van der Waals surface area (Å²) in [6.45, 7) is 3.37. The largest absolute Gasteiger partial charge is 0.307 e. The zero-order valence-corrected chi connectivity index (χ0v) is 16.8. The van der Waals surface area contributed by atoms with Crippen LogP contribution >= 0.6 is 11.6 Å². The minimum Gasteiger partial charge on any atom is -0.307 e. The van der Waals surface area contributed by atoms with E-state index in [1.54, 1.807) is 18.3 Å². The van der Waals surface area contributed by atoms with Crippen molar-refractivity contribution in [3.8, 4) is 0 Å². The molecule has 1 aromatic carbocycles. The minimum atomic E-state index is -0.199. The quantitative estimate of drug-likeness (QED) is 0.737. The number of carbonyl (C=O) groups is 1. The van der Waals surface area contributed by atoms with E-state index in [1.807, 2.05) is 22.9 Å². The van der Waals surface area contributed by atoms with Crippen LogP contribution in [0.2, 0.25) is 5.02 Å². The van der Waals surface area contributed by atoms with Crippen LogP contribution in [0, 0.1) is 5.92 Å². The van der Waals surface area contributed by atoms with E-state index in [1.165, 1.54) is 25.8 Å². The van der Waals surface area contributed by atoms with Crippen LogP contribution in [-0.2, 0) is 0 Å². The van der Waals surface area contributed by atoms with Gasteiger partial charge in [0.25, 0.3) is 5.91 Å². The van der Waals surface area contributed by atoms with E-state index in [2.05, 4.69) is 27.5 Å². The first kappa shape index (κ1) is 19.2. The molecule has 0 saturated carbocycles. The zero-order valence-electron chi connectivity index (χ0n) is 16.1. The fraction of sp³-hybridized carbons (Fsp3) is 0.455. The third kappa shape index (κ3) is 4.47. The molecule has 0 bridgehead atoms. The number of likely N-dealkylation sites (tertiary alicyclic amines) is 1. The van der Waals surface area contributed by atoms with Crippen LogP contribution < -0.4 is 5.32 Å². The molecule has 1 amide bonds. The van der Waals surface area contributed by atoms with E-state index in [-0.39, 0.29) is 5.91 Å². The van der Waals surface area contributed by atoms with Crippen molar-refractivity contribution < 1.29 is 4.79 Å². The Balaban J connectivity index is 1.35. The maximum Gasteiger partial charge on any atom is 0.258 e. The standard InChI is InChI=1S/C22H27ClN4O/c23-20-9-5-4-8-19(20)22(28)25-21-10-13-24-27(21)18-11-14-26(15-12-18)16-17-6-2-1-3-7-17/h1-2,4-5,8-10,13,17-18H,3,6-7,11-12,14-16H2,(H,25,28)/t17-/m0/s1. The maximum atomic E-state index is 12.6. The summed E-state index contributed by atoms with van der Waals surface area (Å²) in [5, 5.41) is 7.92. The molecule has 1 fully saturated rings. The number of allylic oxidation sites excluding steroid dienone is 2. The van der Waals surface area contributed by atoms with Crippen LogP contribution in [0.4, 0.5) is 5.82 Å². The molecule has 0 radical (unpaired) electrons. The van der Waals surface area contributed by atoms with Crippen molar-refractivity contribution in [1.82, 2.24) is 14.7 Å². The van der Waals surface area contributed by atoms with Crippen LogP contribution in [0.3, 0.4) is 0 Å². The Morgan fingerprint density at radius 2 is 1.96 bits per heavy atom. The number of hydrogen-bond acceptors (Lipinski definition) is 3. The molecule has 1 aromatic heterocycles. The summed E-state index contributed by atoms with van der Waals surface area (Å²) >= 11 is 6.15. The van der Waals surface area contributed by atoms with Crippen molar-refractivity contribution >= 4 is 23.3 Å². The number of nitrogens with zero attached hydrogens (tertiary/aromatic N) is 3. The number of amides is 1. The van der Waals surface area contributed by atoms with E-state index in [0.717, 1.165) is 37.7 Å². The highest BCUT2D eigenvalue weighted by atomic mass is 35.5. The van der Waals surface area contributed by atoms with Gasteiger partial charge in [-0.15, -0.1) is 0 Å². The first-order chi connectivity index (χ1) is 13.7. The number of piperidine rings is 1. The number of carbonyl (C=O) groups excluding carboxylic acids is 1. The number of nitrogens with one attached hydrogen (secondary N) is 1. The lowest BCUT2D eigenvalue weighted by atomic mass is 9.93. The molecule has 2 aliphatic rings. The van der Waals surface area contributed by atoms with Gasteiger partial charge in [-0.25, -0.2) is 4.68 Å². The molecule has 148 valence electrons. The summed E-state index contributed by atoms with van der Waals surface area (Å²) in [7, 11) is 0. The maximum absolute atomic E-state index is 12.6. The Bertz CT molecular complexity index is 839. The fourth-order valence-electron chi connectivity index (χ4n) is 4.27. The van der Waals surface area contributed by atoms with E-state index in [4.69, 9.17) is 11.6 Å². The highest BCUT2D eigenvalue weighted by Gasteiger charge is 2.25. The predicted octanol–water partition coefficient (Wildman–Crippen LogP) is 4.78. The Kier molecular flexibility index (Phi) is 6.13. The molecule has 1 saturated heterocycles. The average Bonchev–Trinajstić information content (AvgIpc) is 3.18. The molecule has 0 spiro atoms. The number of aromatic nitrogens is 2. The third-order valence-corrected chi connectivity index (χ3v) is 6.16. The normalized spacial score (nSPS) is 21.0. The average molecular weight is 399 g/mol. The molecule has 2 aromatic rings. The first-order valence-electron chi connectivity index (χ1n) is 10.2. The monoisotopic (exact) mass is 398 g/mol. The molecule has 6 heteroatoms. The van der Waals surface area contributed by atoms with Crippen molar-refractivity contribution in [2.24, 2.45) is 5.92 Å². The Hall–Kier alpha value is -2.11. The molecule has 1 aliphatic heterocycles. The van der Waals surface area contributed by atoms with Gasteiger partial charge in [0.1, 0.15) is 5.82 Å². The van der Waals surface area contributed by atoms with Crippen molar-refractivity contribution in [2.75, 3.05) is 25.0 Å². The fourth-order valence-corrected chi connectivity index (χ4v) is 4.49. The third-order valence-electron chi connectivity index (χ3n) is 5.83. The van der Waals surface area contributed by atoms with E-state index in [9.17, 15) is 4.79 Å². The van der Waals surface area contributed by atoms with Crippen molar-refractivity contribution in [2.45, 2.75) is 38.1 Å². The van der Waals surface area contributed by atoms with Gasteiger partial charge in [-0.3, -0.25) is 4.79 Å². The van der Waals surface area contributed by atoms with Crippen LogP contribution in [-0.4, -0.2) is 40.2 Å². The van der Waals surface area contributed by atoms with Crippen molar-refractivity contribution in [1.29, 1.82) is 0 Å². The smallest absolute Gasteiger partial charge is 0.258 e. The van der Waals surface area contributed by atoms with Crippen molar-refractivity contribution in [3.63, 3.8) is 0 Å². The second-order valence-electron chi connectivity index (χ2n) is 7.78. The van der Waals surface area contributed by atoms with Crippen LogP contribution in [0.15, 0.2) is 48.7 Å². The van der Waals surface area contributed by atoms with Crippen LogP contribution in [0.5, 0.6) is 0 Å². The van der Waals surface area contributed by atoms with Gasteiger partial charge in [-0.2, -0.15) is 5.10 Å². The first-order valence-corrected chi connectivity index (χ1v) is 10.6. The van der Waals surface area contributed by atoms with Gasteiger partial charge in [0, 0.05) is 25.7 Å². The Morgan fingerprint density at radius 3 is 2.71 bits per heavy atom. The number of halogens is 1. The van der Waals surface area contributed by atoms with Crippen molar-refractivity contribution in [3.05, 3.63) is 59.3 Å². The van der Waals surface area contributed by atoms with Crippen LogP contribution in [0.25, 0.3) is 0 Å². The van der Waals surface area contributed by atoms with Gasteiger partial charge in [0.15, 0.2) is 0 Å². The number of rotatable bonds is 5. The summed E-state index contributed by atoms with van der Waals surface area (Å²) in [5.41, 5.74) is 0.480. The molecule has 5 nitrogen and oxygen atoms in total. The summed E-state index contributed by atoms with van der Waals surface area (Å²) in [4.78, 5) is 15.2. The van der Waals surface area contributed by atoms with E-state index in [0.29, 0.717) is 16.6 Å². The highest BCUT2D eigenvalue weighted by Crippen LogP contribution is 2.28. The summed E-state index contributed by atoms with van der Waals surface area (Å²) in [6.07, 6.45) is 12.3. The zero-order chi connectivity index (χ0) is 19.3. The lowest BCUT2D eigenvalue weighted by molar-refractivity contribution is 0.102. The molecule has 1 atom stereocenters. The molecular formula is C22H27ClN4O. The lowest BCUT2D eigenvalue weighted by Gasteiger charge is -2.35. The van der Waals surface area contributed by atoms with Crippen LogP contribution in [0.1, 0.15) is 48.5 Å². The Labute approximate surface area is 171 Å². The molecular weight excluding hydrogens is 372 g/mol. The van der Waals surface area contributed by atoms with Gasteiger partial charge in [-0.1, -0.05) is 35.9 Å². The molecule has 28 heavy (non-hydrogen) atoms. The molecule has 0 unspecified atom stereocenters. The van der Waals surface area contributed by atoms with Gasteiger partial charge in [-0.05, 0) is 50.2 Å². The molecule has 1 N–H and O–H groups in total. The summed E-state index contributed by atoms with van der Waals surface area (Å²) < 4.78 is 1.97. The van der Waals surface area contributed by atoms with Gasteiger partial charge in [0.2, 0.25) is 0 Å². The van der Waals surface area contributed by atoms with Gasteiger partial charge in [0.05, 0.1) is 22.8 Å². The van der Waals surface area contributed by atoms with Gasteiger partial charge < -0.3 is 10.2 Å². The SMILES string of the molecule is O=C(Nc1ccnn1C1CCN(C[C@H]2CC=CCC2)CC1)c1ccccc1Cl. The topological polar surface area (TPSA) is 50.2 Å². The lowest BCUT2D eigenvalue weighted by Crippen LogP contribution is -2.38. The van der Waals surface area contributed by atoms with E-state index >= 15 is 0 Å². The summed E-state index contributed by atoms with van der Waals surface area (Å²) in [5.74, 6) is 1.34. The predicted molar refractivity (Wildman–Crippen MR) is 113 cm³/mol. The number of benzene rings is 1. The second-order valence-corrected chi connectivity index (χ2v) is 8.18.